The van der Waals surface area contributed by atoms with E-state index < -0.39 is 5.60 Å². The predicted molar refractivity (Wildman–Crippen MR) is 88.0 cm³/mol. The molecule has 0 fully saturated rings. The van der Waals surface area contributed by atoms with Crippen LogP contribution in [0.2, 0.25) is 5.02 Å². The van der Waals surface area contributed by atoms with Gasteiger partial charge in [-0.3, -0.25) is 0 Å². The van der Waals surface area contributed by atoms with Crippen LogP contribution < -0.4 is 0 Å². The summed E-state index contributed by atoms with van der Waals surface area (Å²) in [6, 6.07) is 12.4. The van der Waals surface area contributed by atoms with E-state index in [4.69, 9.17) is 16.3 Å². The van der Waals surface area contributed by atoms with Gasteiger partial charge < -0.3 is 9.84 Å². The van der Waals surface area contributed by atoms with Gasteiger partial charge in [-0.1, -0.05) is 29.8 Å². The number of aliphatic hydroxyl groups is 1. The van der Waals surface area contributed by atoms with E-state index in [0.717, 1.165) is 16.7 Å². The summed E-state index contributed by atoms with van der Waals surface area (Å²) >= 11 is 6.02. The second-order valence-corrected chi connectivity index (χ2v) is 6.48. The molecule has 22 heavy (non-hydrogen) atoms. The molecule has 0 aliphatic carbocycles. The van der Waals surface area contributed by atoms with E-state index in [-0.39, 0.29) is 12.6 Å². The highest BCUT2D eigenvalue weighted by atomic mass is 35.5. The first-order valence-electron chi connectivity index (χ1n) is 7.03. The standard InChI is InChI=1S/C18H19ClO3/c1-18(2,3)22-17(21)13-6-4-12(5-7-13)16-10-15(19)9-8-14(16)11-20/h4-10,20H,11H2,1-3H3. The Morgan fingerprint density at radius 3 is 2.32 bits per heavy atom. The maximum absolute atomic E-state index is 12.0. The Labute approximate surface area is 135 Å². The van der Waals surface area contributed by atoms with Gasteiger partial charge in [0.2, 0.25) is 0 Å². The molecule has 1 N–H and O–H groups in total. The summed E-state index contributed by atoms with van der Waals surface area (Å²) in [5, 5.41) is 10.0. The molecule has 0 bridgehead atoms. The number of carbonyl (C=O) groups is 1. The Balaban J connectivity index is 2.30. The third-order valence-electron chi connectivity index (χ3n) is 3.07. The summed E-state index contributed by atoms with van der Waals surface area (Å²) in [6.45, 7) is 5.43. The van der Waals surface area contributed by atoms with Crippen LogP contribution >= 0.6 is 11.6 Å². The van der Waals surface area contributed by atoms with Gasteiger partial charge in [0.05, 0.1) is 12.2 Å². The minimum atomic E-state index is -0.521. The number of hydrogen-bond acceptors (Lipinski definition) is 3. The molecule has 0 aliphatic heterocycles. The number of ether oxygens (including phenoxy) is 1. The van der Waals surface area contributed by atoms with Crippen molar-refractivity contribution in [1.82, 2.24) is 0 Å². The summed E-state index contributed by atoms with van der Waals surface area (Å²) in [5.41, 5.74) is 2.50. The van der Waals surface area contributed by atoms with Crippen molar-refractivity contribution in [2.45, 2.75) is 33.0 Å². The van der Waals surface area contributed by atoms with E-state index in [0.29, 0.717) is 10.6 Å². The van der Waals surface area contributed by atoms with Gasteiger partial charge in [0, 0.05) is 5.02 Å². The van der Waals surface area contributed by atoms with Crippen molar-refractivity contribution >= 4 is 17.6 Å². The Kier molecular flexibility index (Phi) is 4.89. The molecule has 0 amide bonds. The van der Waals surface area contributed by atoms with Crippen LogP contribution in [0, 0.1) is 0 Å². The summed E-state index contributed by atoms with van der Waals surface area (Å²) in [7, 11) is 0. The number of hydrogen-bond donors (Lipinski definition) is 1. The molecular formula is C18H19ClO3. The second-order valence-electron chi connectivity index (χ2n) is 6.04. The Hall–Kier alpha value is -1.84. The maximum atomic E-state index is 12.0. The van der Waals surface area contributed by atoms with Crippen LogP contribution in [0.15, 0.2) is 42.5 Å². The lowest BCUT2D eigenvalue weighted by Gasteiger charge is -2.19. The largest absolute Gasteiger partial charge is 0.456 e. The Morgan fingerprint density at radius 2 is 1.77 bits per heavy atom. The SMILES string of the molecule is CC(C)(C)OC(=O)c1ccc(-c2cc(Cl)ccc2CO)cc1. The molecule has 4 heteroatoms. The molecule has 2 aromatic rings. The van der Waals surface area contributed by atoms with Crippen LogP contribution in [-0.2, 0) is 11.3 Å². The van der Waals surface area contributed by atoms with Gasteiger partial charge in [-0.05, 0) is 61.7 Å². The fraction of sp³-hybridized carbons (Fsp3) is 0.278. The first kappa shape index (κ1) is 16.5. The zero-order valence-corrected chi connectivity index (χ0v) is 13.6. The number of carbonyl (C=O) groups excluding carboxylic acids is 1. The van der Waals surface area contributed by atoms with Gasteiger partial charge in [-0.15, -0.1) is 0 Å². The fourth-order valence-corrected chi connectivity index (χ4v) is 2.25. The van der Waals surface area contributed by atoms with Crippen molar-refractivity contribution in [3.63, 3.8) is 0 Å². The smallest absolute Gasteiger partial charge is 0.338 e. The Morgan fingerprint density at radius 1 is 1.14 bits per heavy atom. The summed E-state index contributed by atoms with van der Waals surface area (Å²) < 4.78 is 5.33. The van der Waals surface area contributed by atoms with Crippen LogP contribution in [0.3, 0.4) is 0 Å². The van der Waals surface area contributed by atoms with E-state index in [1.54, 1.807) is 30.3 Å². The molecule has 0 aliphatic rings. The highest BCUT2D eigenvalue weighted by Gasteiger charge is 2.17. The number of benzene rings is 2. The van der Waals surface area contributed by atoms with E-state index in [2.05, 4.69) is 0 Å². The summed E-state index contributed by atoms with van der Waals surface area (Å²) in [4.78, 5) is 12.0. The molecule has 0 saturated heterocycles. The van der Waals surface area contributed by atoms with Crippen LogP contribution in [0.1, 0.15) is 36.7 Å². The van der Waals surface area contributed by atoms with Gasteiger partial charge in [0.1, 0.15) is 5.60 Å². The average Bonchev–Trinajstić information content (AvgIpc) is 2.45. The fourth-order valence-electron chi connectivity index (χ4n) is 2.08. The highest BCUT2D eigenvalue weighted by molar-refractivity contribution is 6.30. The van der Waals surface area contributed by atoms with E-state index in [1.807, 2.05) is 32.9 Å². The van der Waals surface area contributed by atoms with Gasteiger partial charge >= 0.3 is 5.97 Å². The van der Waals surface area contributed by atoms with Crippen molar-refractivity contribution in [3.8, 4) is 11.1 Å². The minimum Gasteiger partial charge on any atom is -0.456 e. The lowest BCUT2D eigenvalue weighted by molar-refractivity contribution is 0.00695. The molecule has 0 radical (unpaired) electrons. The molecule has 0 atom stereocenters. The monoisotopic (exact) mass is 318 g/mol. The van der Waals surface area contributed by atoms with Gasteiger partial charge in [-0.25, -0.2) is 4.79 Å². The summed E-state index contributed by atoms with van der Waals surface area (Å²) in [5.74, 6) is -0.354. The third-order valence-corrected chi connectivity index (χ3v) is 3.31. The highest BCUT2D eigenvalue weighted by Crippen LogP contribution is 2.27. The number of esters is 1. The van der Waals surface area contributed by atoms with Gasteiger partial charge in [0.25, 0.3) is 0 Å². The number of aliphatic hydroxyl groups excluding tert-OH is 1. The molecule has 0 saturated carbocycles. The van der Waals surface area contributed by atoms with Crippen LogP contribution in [-0.4, -0.2) is 16.7 Å². The van der Waals surface area contributed by atoms with Gasteiger partial charge in [-0.2, -0.15) is 0 Å². The Bertz CT molecular complexity index is 670. The van der Waals surface area contributed by atoms with Crippen molar-refractivity contribution in [3.05, 3.63) is 58.6 Å². The lowest BCUT2D eigenvalue weighted by Crippen LogP contribution is -2.23. The third kappa shape index (κ3) is 4.09. The van der Waals surface area contributed by atoms with Crippen LogP contribution in [0.5, 0.6) is 0 Å². The molecule has 0 aromatic heterocycles. The van der Waals surface area contributed by atoms with Crippen molar-refractivity contribution < 1.29 is 14.6 Å². The predicted octanol–water partition coefficient (Wildman–Crippen LogP) is 4.45. The molecule has 0 heterocycles. The van der Waals surface area contributed by atoms with Gasteiger partial charge in [0.15, 0.2) is 0 Å². The zero-order valence-electron chi connectivity index (χ0n) is 12.9. The topological polar surface area (TPSA) is 46.5 Å². The van der Waals surface area contributed by atoms with E-state index in [1.165, 1.54) is 0 Å². The molecular weight excluding hydrogens is 300 g/mol. The van der Waals surface area contributed by atoms with Crippen molar-refractivity contribution in [2.24, 2.45) is 0 Å². The van der Waals surface area contributed by atoms with Crippen LogP contribution in [0.25, 0.3) is 11.1 Å². The first-order valence-corrected chi connectivity index (χ1v) is 7.41. The van der Waals surface area contributed by atoms with Crippen molar-refractivity contribution in [1.29, 1.82) is 0 Å². The molecule has 2 aromatic carbocycles. The molecule has 3 nitrogen and oxygen atoms in total. The first-order chi connectivity index (χ1) is 10.3. The second kappa shape index (κ2) is 6.51. The van der Waals surface area contributed by atoms with Crippen LogP contribution in [0.4, 0.5) is 0 Å². The average molecular weight is 319 g/mol. The quantitative estimate of drug-likeness (QED) is 0.850. The summed E-state index contributed by atoms with van der Waals surface area (Å²) in [6.07, 6.45) is 0. The lowest BCUT2D eigenvalue weighted by atomic mass is 9.99. The van der Waals surface area contributed by atoms with Crippen molar-refractivity contribution in [2.75, 3.05) is 0 Å². The maximum Gasteiger partial charge on any atom is 0.338 e. The molecule has 0 spiro atoms. The number of halogens is 1. The van der Waals surface area contributed by atoms with E-state index >= 15 is 0 Å². The zero-order chi connectivity index (χ0) is 16.3. The molecule has 2 rings (SSSR count). The number of rotatable bonds is 3. The normalized spacial score (nSPS) is 11.3. The van der Waals surface area contributed by atoms with E-state index in [9.17, 15) is 9.90 Å². The minimum absolute atomic E-state index is 0.0691. The molecule has 0 unspecified atom stereocenters. The molecule has 116 valence electrons.